The number of hydrogen-bond donors (Lipinski definition) is 0. The Morgan fingerprint density at radius 3 is 1.46 bits per heavy atom. The normalized spacial score (nSPS) is 12.4. The van der Waals surface area contributed by atoms with E-state index in [1.807, 2.05) is 36.4 Å². The fourth-order valence-corrected chi connectivity index (χ4v) is 6.72. The van der Waals surface area contributed by atoms with Gasteiger partial charge in [0.15, 0.2) is 0 Å². The summed E-state index contributed by atoms with van der Waals surface area (Å²) in [5.41, 5.74) is 7.71. The van der Waals surface area contributed by atoms with Gasteiger partial charge in [0.25, 0.3) is 0 Å². The zero-order valence-electron chi connectivity index (χ0n) is 21.8. The van der Waals surface area contributed by atoms with Crippen LogP contribution in [-0.4, -0.2) is 0 Å². The van der Waals surface area contributed by atoms with Gasteiger partial charge in [-0.25, -0.2) is 0 Å². The number of para-hydroxylation sites is 3. The quantitative estimate of drug-likeness (QED) is 0.201. The first kappa shape index (κ1) is 21.3. The second-order valence-corrected chi connectivity index (χ2v) is 10.9. The van der Waals surface area contributed by atoms with Crippen molar-refractivity contribution in [3.63, 3.8) is 0 Å². The zero-order valence-corrected chi connectivity index (χ0v) is 21.8. The minimum atomic E-state index is 0.894. The third kappa shape index (κ3) is 2.87. The van der Waals surface area contributed by atoms with E-state index in [1.165, 1.54) is 16.3 Å². The molecule has 0 atom stereocenters. The Hall–Kier alpha value is -5.54. The predicted octanol–water partition coefficient (Wildman–Crippen LogP) is 11.4. The predicted molar refractivity (Wildman–Crippen MR) is 169 cm³/mol. The van der Waals surface area contributed by atoms with Gasteiger partial charge in [-0.1, -0.05) is 60.7 Å². The standard InChI is InChI=1S/C38H20O3/c1-4-10-33-23(7-1)30-15-21(13-14-36(30)39-33)26-16-22-17-37-31(24-8-2-5-11-34(24)40-37)18-27(22)29-20-38-32(19-28(26)29)25-9-3-6-12-35(25)41-38/h1-20H. The van der Waals surface area contributed by atoms with Crippen LogP contribution in [0, 0.1) is 0 Å². The minimum Gasteiger partial charge on any atom is -0.456 e. The summed E-state index contributed by atoms with van der Waals surface area (Å²) in [6.45, 7) is 0. The highest BCUT2D eigenvalue weighted by molar-refractivity contribution is 6.23. The van der Waals surface area contributed by atoms with Gasteiger partial charge in [-0.15, -0.1) is 0 Å². The zero-order chi connectivity index (χ0) is 26.7. The maximum Gasteiger partial charge on any atom is 0.136 e. The number of furan rings is 3. The molecule has 0 aliphatic rings. The highest BCUT2D eigenvalue weighted by Crippen LogP contribution is 2.43. The molecule has 10 aromatic rings. The third-order valence-corrected chi connectivity index (χ3v) is 8.63. The molecule has 0 bridgehead atoms. The SMILES string of the molecule is c1ccc2c(c1)oc1ccc(-c3cc4cc5oc6ccccc6c5cc4c4cc5oc6ccccc6c5cc34)cc12. The average Bonchev–Trinajstić information content (AvgIpc) is 3.69. The molecule has 41 heavy (non-hydrogen) atoms. The molecule has 0 radical (unpaired) electrons. The summed E-state index contributed by atoms with van der Waals surface area (Å²) in [7, 11) is 0. The van der Waals surface area contributed by atoms with Crippen LogP contribution in [-0.2, 0) is 0 Å². The van der Waals surface area contributed by atoms with Crippen LogP contribution in [0.3, 0.4) is 0 Å². The smallest absolute Gasteiger partial charge is 0.136 e. The van der Waals surface area contributed by atoms with Crippen LogP contribution in [0.2, 0.25) is 0 Å². The second kappa shape index (κ2) is 7.56. The van der Waals surface area contributed by atoms with E-state index >= 15 is 0 Å². The molecule has 190 valence electrons. The molecule has 3 aromatic heterocycles. The van der Waals surface area contributed by atoms with Gasteiger partial charge in [-0.05, 0) is 93.3 Å². The van der Waals surface area contributed by atoms with Crippen LogP contribution in [0.1, 0.15) is 0 Å². The molecule has 0 saturated carbocycles. The summed E-state index contributed by atoms with van der Waals surface area (Å²) in [5.74, 6) is 0. The molecule has 0 fully saturated rings. The lowest BCUT2D eigenvalue weighted by molar-refractivity contribution is 0.668. The molecule has 0 saturated heterocycles. The molecule has 3 heterocycles. The number of fused-ring (bicyclic) bond motifs is 12. The topological polar surface area (TPSA) is 39.4 Å². The van der Waals surface area contributed by atoms with Gasteiger partial charge in [-0.2, -0.15) is 0 Å². The van der Waals surface area contributed by atoms with E-state index in [9.17, 15) is 0 Å². The Bertz CT molecular complexity index is 2700. The van der Waals surface area contributed by atoms with E-state index in [0.29, 0.717) is 0 Å². The summed E-state index contributed by atoms with van der Waals surface area (Å²) >= 11 is 0. The Balaban J connectivity index is 1.37. The van der Waals surface area contributed by atoms with Gasteiger partial charge in [0, 0.05) is 32.3 Å². The molecule has 3 nitrogen and oxygen atoms in total. The van der Waals surface area contributed by atoms with E-state index in [2.05, 4.69) is 84.9 Å². The van der Waals surface area contributed by atoms with Crippen molar-refractivity contribution in [2.75, 3.05) is 0 Å². The number of benzene rings is 7. The molecule has 7 aromatic carbocycles. The molecule has 0 aliphatic heterocycles. The van der Waals surface area contributed by atoms with E-state index < -0.39 is 0 Å². The minimum absolute atomic E-state index is 0.894. The van der Waals surface area contributed by atoms with Crippen LogP contribution in [0.4, 0.5) is 0 Å². The van der Waals surface area contributed by atoms with Crippen LogP contribution in [0.15, 0.2) is 135 Å². The first-order valence-electron chi connectivity index (χ1n) is 13.8. The third-order valence-electron chi connectivity index (χ3n) is 8.63. The second-order valence-electron chi connectivity index (χ2n) is 10.9. The monoisotopic (exact) mass is 524 g/mol. The van der Waals surface area contributed by atoms with Crippen LogP contribution in [0.5, 0.6) is 0 Å². The molecule has 10 rings (SSSR count). The molecule has 0 N–H and O–H groups in total. The van der Waals surface area contributed by atoms with Crippen molar-refractivity contribution in [1.29, 1.82) is 0 Å². The van der Waals surface area contributed by atoms with Crippen molar-refractivity contribution >= 4 is 87.4 Å². The first-order chi connectivity index (χ1) is 20.3. The summed E-state index contributed by atoms with van der Waals surface area (Å²) in [4.78, 5) is 0. The van der Waals surface area contributed by atoms with E-state index in [0.717, 1.165) is 82.2 Å². The van der Waals surface area contributed by atoms with Gasteiger partial charge >= 0.3 is 0 Å². The maximum atomic E-state index is 6.36. The van der Waals surface area contributed by atoms with Gasteiger partial charge < -0.3 is 13.3 Å². The van der Waals surface area contributed by atoms with Crippen LogP contribution >= 0.6 is 0 Å². The molecular weight excluding hydrogens is 504 g/mol. The molecule has 3 heteroatoms. The van der Waals surface area contributed by atoms with E-state index in [4.69, 9.17) is 13.3 Å². The lowest BCUT2D eigenvalue weighted by atomic mass is 9.91. The largest absolute Gasteiger partial charge is 0.456 e. The van der Waals surface area contributed by atoms with Gasteiger partial charge in [0.05, 0.1) is 0 Å². The van der Waals surface area contributed by atoms with Crippen LogP contribution in [0.25, 0.3) is 98.5 Å². The fraction of sp³-hybridized carbons (Fsp3) is 0. The lowest BCUT2D eigenvalue weighted by Crippen LogP contribution is -1.86. The molecular formula is C38H20O3. The van der Waals surface area contributed by atoms with Crippen LogP contribution < -0.4 is 0 Å². The van der Waals surface area contributed by atoms with Gasteiger partial charge in [-0.3, -0.25) is 0 Å². The molecule has 0 unspecified atom stereocenters. The average molecular weight is 525 g/mol. The molecule has 0 spiro atoms. The lowest BCUT2D eigenvalue weighted by Gasteiger charge is -2.12. The van der Waals surface area contributed by atoms with Gasteiger partial charge in [0.2, 0.25) is 0 Å². The van der Waals surface area contributed by atoms with Crippen molar-refractivity contribution in [2.45, 2.75) is 0 Å². The highest BCUT2D eigenvalue weighted by Gasteiger charge is 2.17. The molecule has 0 amide bonds. The van der Waals surface area contributed by atoms with Crippen molar-refractivity contribution in [1.82, 2.24) is 0 Å². The summed E-state index contributed by atoms with van der Waals surface area (Å²) in [5, 5.41) is 11.4. The van der Waals surface area contributed by atoms with Gasteiger partial charge in [0.1, 0.15) is 33.5 Å². The number of rotatable bonds is 1. The summed E-state index contributed by atoms with van der Waals surface area (Å²) in [6.07, 6.45) is 0. The van der Waals surface area contributed by atoms with Crippen molar-refractivity contribution < 1.29 is 13.3 Å². The van der Waals surface area contributed by atoms with E-state index in [1.54, 1.807) is 0 Å². The van der Waals surface area contributed by atoms with Crippen molar-refractivity contribution in [2.24, 2.45) is 0 Å². The van der Waals surface area contributed by atoms with E-state index in [-0.39, 0.29) is 0 Å². The maximum absolute atomic E-state index is 6.36. The Morgan fingerprint density at radius 1 is 0.293 bits per heavy atom. The Labute approximate surface area is 232 Å². The summed E-state index contributed by atoms with van der Waals surface area (Å²) in [6, 6.07) is 42.6. The Morgan fingerprint density at radius 2 is 0.805 bits per heavy atom. The fourth-order valence-electron chi connectivity index (χ4n) is 6.72. The first-order valence-corrected chi connectivity index (χ1v) is 13.8. The Kier molecular flexibility index (Phi) is 3.93. The number of hydrogen-bond acceptors (Lipinski definition) is 3. The molecule has 0 aliphatic carbocycles. The van der Waals surface area contributed by atoms with Crippen molar-refractivity contribution in [3.8, 4) is 11.1 Å². The highest BCUT2D eigenvalue weighted by atomic mass is 16.3. The van der Waals surface area contributed by atoms with Crippen molar-refractivity contribution in [3.05, 3.63) is 121 Å². The summed E-state index contributed by atoms with van der Waals surface area (Å²) < 4.78 is 18.8.